The smallest absolute Gasteiger partial charge is 0.0510 e. The van der Waals surface area contributed by atoms with Crippen LogP contribution in [0.3, 0.4) is 0 Å². The molecule has 62 valence electrons. The lowest BCUT2D eigenvalue weighted by Crippen LogP contribution is -1.95. The number of nitrogens with zero attached hydrogens (tertiary/aromatic N) is 3. The lowest BCUT2D eigenvalue weighted by atomic mass is 10.1. The lowest BCUT2D eigenvalue weighted by molar-refractivity contribution is 1.03. The van der Waals surface area contributed by atoms with Crippen molar-refractivity contribution in [1.82, 2.24) is 0 Å². The van der Waals surface area contributed by atoms with Crippen LogP contribution in [0, 0.1) is 0 Å². The van der Waals surface area contributed by atoms with Crippen molar-refractivity contribution in [2.24, 2.45) is 10.8 Å². The first-order valence-corrected chi connectivity index (χ1v) is 3.65. The second kappa shape index (κ2) is 4.38. The Kier molecular flexibility index (Phi) is 3.14. The first-order valence-electron chi connectivity index (χ1n) is 3.65. The Morgan fingerprint density at radius 3 is 2.33 bits per heavy atom. The number of azide groups is 1. The lowest BCUT2D eigenvalue weighted by Gasteiger charge is -1.97. The predicted octanol–water partition coefficient (Wildman–Crippen LogP) is 1.96. The van der Waals surface area contributed by atoms with Crippen LogP contribution in [-0.4, -0.2) is 0 Å². The second-order valence-electron chi connectivity index (χ2n) is 2.41. The van der Waals surface area contributed by atoms with E-state index >= 15 is 0 Å². The van der Waals surface area contributed by atoms with Crippen molar-refractivity contribution in [1.29, 1.82) is 0 Å². The van der Waals surface area contributed by atoms with Crippen molar-refractivity contribution < 1.29 is 0 Å². The van der Waals surface area contributed by atoms with Gasteiger partial charge < -0.3 is 5.73 Å². The summed E-state index contributed by atoms with van der Waals surface area (Å²) >= 11 is 0. The van der Waals surface area contributed by atoms with Crippen molar-refractivity contribution in [2.45, 2.75) is 13.1 Å². The summed E-state index contributed by atoms with van der Waals surface area (Å²) in [6.45, 7) is 0.948. The Morgan fingerprint density at radius 1 is 1.25 bits per heavy atom. The van der Waals surface area contributed by atoms with E-state index in [9.17, 15) is 0 Å². The SMILES string of the molecule is [N-]=[N+]=NCc1ccc(CN)cc1. The number of rotatable bonds is 3. The van der Waals surface area contributed by atoms with Gasteiger partial charge in [-0.2, -0.15) is 0 Å². The zero-order valence-electron chi connectivity index (χ0n) is 6.64. The van der Waals surface area contributed by atoms with E-state index in [1.807, 2.05) is 24.3 Å². The zero-order valence-corrected chi connectivity index (χ0v) is 6.64. The Hall–Kier alpha value is -1.51. The van der Waals surface area contributed by atoms with Crippen molar-refractivity contribution >= 4 is 0 Å². The van der Waals surface area contributed by atoms with Crippen molar-refractivity contribution in [3.8, 4) is 0 Å². The molecule has 0 amide bonds. The average molecular weight is 162 g/mol. The standard InChI is InChI=1S/C8H10N4/c9-5-7-1-3-8(4-2-7)6-11-12-10/h1-4H,5-6,9H2. The predicted molar refractivity (Wildman–Crippen MR) is 47.2 cm³/mol. The summed E-state index contributed by atoms with van der Waals surface area (Å²) in [7, 11) is 0. The van der Waals surface area contributed by atoms with Crippen LogP contribution >= 0.6 is 0 Å². The molecule has 0 fully saturated rings. The highest BCUT2D eigenvalue weighted by Gasteiger charge is 1.90. The minimum Gasteiger partial charge on any atom is -0.326 e. The highest BCUT2D eigenvalue weighted by Crippen LogP contribution is 2.04. The molecular weight excluding hydrogens is 152 g/mol. The van der Waals surface area contributed by atoms with Crippen LogP contribution in [0.2, 0.25) is 0 Å². The quantitative estimate of drug-likeness (QED) is 0.411. The Bertz CT molecular complexity index is 284. The molecule has 1 aromatic rings. The molecule has 4 heteroatoms. The van der Waals surface area contributed by atoms with Gasteiger partial charge in [-0.25, -0.2) is 0 Å². The molecule has 12 heavy (non-hydrogen) atoms. The van der Waals surface area contributed by atoms with Crippen molar-refractivity contribution in [2.75, 3.05) is 0 Å². The summed E-state index contributed by atoms with van der Waals surface area (Å²) in [6, 6.07) is 7.69. The minimum absolute atomic E-state index is 0.404. The van der Waals surface area contributed by atoms with Crippen LogP contribution < -0.4 is 5.73 Å². The number of benzene rings is 1. The van der Waals surface area contributed by atoms with Crippen LogP contribution in [0.5, 0.6) is 0 Å². The molecule has 0 atom stereocenters. The molecule has 0 aliphatic heterocycles. The van der Waals surface area contributed by atoms with Crippen LogP contribution in [0.1, 0.15) is 11.1 Å². The van der Waals surface area contributed by atoms with Crippen LogP contribution in [0.4, 0.5) is 0 Å². The molecule has 0 saturated carbocycles. The van der Waals surface area contributed by atoms with E-state index in [4.69, 9.17) is 11.3 Å². The van der Waals surface area contributed by atoms with Gasteiger partial charge in [0, 0.05) is 11.5 Å². The molecule has 4 nitrogen and oxygen atoms in total. The monoisotopic (exact) mass is 162 g/mol. The van der Waals surface area contributed by atoms with E-state index in [1.165, 1.54) is 0 Å². The molecule has 1 aromatic carbocycles. The molecule has 0 heterocycles. The number of nitrogens with two attached hydrogens (primary N) is 1. The van der Waals surface area contributed by atoms with Crippen LogP contribution in [0.25, 0.3) is 10.4 Å². The first kappa shape index (κ1) is 8.59. The summed E-state index contributed by atoms with van der Waals surface area (Å²) in [5.41, 5.74) is 15.6. The Balaban J connectivity index is 2.70. The van der Waals surface area contributed by atoms with Gasteiger partial charge in [-0.1, -0.05) is 29.4 Å². The molecule has 0 unspecified atom stereocenters. The summed E-state index contributed by atoms with van der Waals surface area (Å²) in [4.78, 5) is 2.67. The zero-order chi connectivity index (χ0) is 8.81. The third kappa shape index (κ3) is 2.27. The molecule has 0 aliphatic carbocycles. The fourth-order valence-corrected chi connectivity index (χ4v) is 0.894. The molecule has 1 rings (SSSR count). The largest absolute Gasteiger partial charge is 0.326 e. The van der Waals surface area contributed by atoms with E-state index in [1.54, 1.807) is 0 Å². The van der Waals surface area contributed by atoms with Gasteiger partial charge in [0.25, 0.3) is 0 Å². The maximum atomic E-state index is 8.07. The highest BCUT2D eigenvalue weighted by molar-refractivity contribution is 5.22. The van der Waals surface area contributed by atoms with Gasteiger partial charge in [-0.05, 0) is 16.7 Å². The Labute approximate surface area is 70.6 Å². The highest BCUT2D eigenvalue weighted by atomic mass is 15.1. The van der Waals surface area contributed by atoms with Crippen molar-refractivity contribution in [3.05, 3.63) is 45.8 Å². The first-order chi connectivity index (χ1) is 5.86. The fraction of sp³-hybridized carbons (Fsp3) is 0.250. The topological polar surface area (TPSA) is 74.8 Å². The van der Waals surface area contributed by atoms with E-state index in [0.29, 0.717) is 13.1 Å². The molecule has 0 bridgehead atoms. The van der Waals surface area contributed by atoms with Crippen molar-refractivity contribution in [3.63, 3.8) is 0 Å². The average Bonchev–Trinajstić information content (AvgIpc) is 2.15. The molecule has 2 N–H and O–H groups in total. The normalized spacial score (nSPS) is 9.08. The second-order valence-corrected chi connectivity index (χ2v) is 2.41. The van der Waals surface area contributed by atoms with Gasteiger partial charge in [0.2, 0.25) is 0 Å². The van der Waals surface area contributed by atoms with E-state index in [2.05, 4.69) is 10.0 Å². The third-order valence-corrected chi connectivity index (χ3v) is 1.58. The minimum atomic E-state index is 0.404. The van der Waals surface area contributed by atoms with E-state index in [0.717, 1.165) is 11.1 Å². The molecule has 0 spiro atoms. The maximum absolute atomic E-state index is 8.07. The van der Waals surface area contributed by atoms with Gasteiger partial charge in [0.05, 0.1) is 6.54 Å². The van der Waals surface area contributed by atoms with E-state index < -0.39 is 0 Å². The van der Waals surface area contributed by atoms with Crippen LogP contribution in [0.15, 0.2) is 29.4 Å². The number of hydrogen-bond donors (Lipinski definition) is 1. The molecule has 0 aromatic heterocycles. The molecular formula is C8H10N4. The molecule has 0 radical (unpaired) electrons. The molecule has 0 saturated heterocycles. The summed E-state index contributed by atoms with van der Waals surface area (Å²) in [5.74, 6) is 0. The van der Waals surface area contributed by atoms with Gasteiger partial charge in [0.1, 0.15) is 0 Å². The summed E-state index contributed by atoms with van der Waals surface area (Å²) in [6.07, 6.45) is 0. The van der Waals surface area contributed by atoms with Gasteiger partial charge >= 0.3 is 0 Å². The Morgan fingerprint density at radius 2 is 1.83 bits per heavy atom. The van der Waals surface area contributed by atoms with Gasteiger partial charge in [-0.3, -0.25) is 0 Å². The third-order valence-electron chi connectivity index (χ3n) is 1.58. The summed E-state index contributed by atoms with van der Waals surface area (Å²) in [5, 5.41) is 3.45. The number of hydrogen-bond acceptors (Lipinski definition) is 2. The van der Waals surface area contributed by atoms with Gasteiger partial charge in [-0.15, -0.1) is 0 Å². The fourth-order valence-electron chi connectivity index (χ4n) is 0.894. The maximum Gasteiger partial charge on any atom is 0.0510 e. The van der Waals surface area contributed by atoms with Crippen LogP contribution in [-0.2, 0) is 13.1 Å². The van der Waals surface area contributed by atoms with Gasteiger partial charge in [0.15, 0.2) is 0 Å². The summed E-state index contributed by atoms with van der Waals surface area (Å²) < 4.78 is 0. The molecule has 0 aliphatic rings. The van der Waals surface area contributed by atoms with E-state index in [-0.39, 0.29) is 0 Å².